The molecule has 2 atom stereocenters. The normalized spacial score (nSPS) is 21.9. The van der Waals surface area contributed by atoms with E-state index in [0.717, 1.165) is 26.3 Å². The Bertz CT molecular complexity index is 176. The van der Waals surface area contributed by atoms with E-state index in [2.05, 4.69) is 10.2 Å². The van der Waals surface area contributed by atoms with Gasteiger partial charge in [-0.2, -0.15) is 0 Å². The summed E-state index contributed by atoms with van der Waals surface area (Å²) in [7, 11) is 0. The van der Waals surface area contributed by atoms with Crippen molar-refractivity contribution in [3.8, 4) is 0 Å². The highest BCUT2D eigenvalue weighted by Gasteiger charge is 2.14. The number of morpholine rings is 1. The van der Waals surface area contributed by atoms with Crippen molar-refractivity contribution >= 4 is 0 Å². The molecule has 0 aromatic heterocycles. The Hall–Kier alpha value is -0.240. The lowest BCUT2D eigenvalue weighted by Gasteiger charge is -2.28. The first-order valence-corrected chi connectivity index (χ1v) is 5.70. The molecule has 96 valence electrons. The lowest BCUT2D eigenvalue weighted by Crippen LogP contribution is -2.44. The van der Waals surface area contributed by atoms with Crippen molar-refractivity contribution in [3.63, 3.8) is 0 Å². The summed E-state index contributed by atoms with van der Waals surface area (Å²) >= 11 is 0. The van der Waals surface area contributed by atoms with Crippen LogP contribution in [-0.2, 0) is 4.74 Å². The number of nitrogens with one attached hydrogen (secondary N) is 1. The van der Waals surface area contributed by atoms with E-state index in [1.165, 1.54) is 0 Å². The molecular weight excluding hydrogens is 212 g/mol. The van der Waals surface area contributed by atoms with Crippen molar-refractivity contribution in [2.24, 2.45) is 0 Å². The van der Waals surface area contributed by atoms with Gasteiger partial charge in [-0.3, -0.25) is 4.90 Å². The Morgan fingerprint density at radius 1 is 1.12 bits per heavy atom. The van der Waals surface area contributed by atoms with E-state index in [0.29, 0.717) is 19.6 Å². The van der Waals surface area contributed by atoms with Gasteiger partial charge < -0.3 is 25.4 Å². The average Bonchev–Trinajstić information content (AvgIpc) is 2.30. The second kappa shape index (κ2) is 7.94. The predicted molar refractivity (Wildman–Crippen MR) is 59.2 cm³/mol. The van der Waals surface area contributed by atoms with Gasteiger partial charge in [0, 0.05) is 32.7 Å². The lowest BCUT2D eigenvalue weighted by molar-refractivity contribution is 0.0140. The summed E-state index contributed by atoms with van der Waals surface area (Å²) in [6.45, 7) is 4.25. The van der Waals surface area contributed by atoms with Crippen molar-refractivity contribution < 1.29 is 20.1 Å². The molecule has 1 aliphatic heterocycles. The number of ether oxygens (including phenoxy) is 1. The minimum Gasteiger partial charge on any atom is -0.394 e. The maximum absolute atomic E-state index is 9.70. The van der Waals surface area contributed by atoms with Gasteiger partial charge in [0.05, 0.1) is 32.0 Å². The third-order valence-corrected chi connectivity index (χ3v) is 2.54. The summed E-state index contributed by atoms with van der Waals surface area (Å²) in [4.78, 5) is 2.15. The Morgan fingerprint density at radius 3 is 2.38 bits per heavy atom. The van der Waals surface area contributed by atoms with Gasteiger partial charge in [-0.25, -0.2) is 0 Å². The van der Waals surface area contributed by atoms with Crippen LogP contribution in [0.5, 0.6) is 0 Å². The summed E-state index contributed by atoms with van der Waals surface area (Å²) in [5.41, 5.74) is 0. The van der Waals surface area contributed by atoms with E-state index in [4.69, 9.17) is 14.9 Å². The maximum atomic E-state index is 9.70. The van der Waals surface area contributed by atoms with Crippen LogP contribution in [0, 0.1) is 0 Å². The molecule has 0 aromatic carbocycles. The minimum absolute atomic E-state index is 0.257. The van der Waals surface area contributed by atoms with Crippen LogP contribution in [0.25, 0.3) is 0 Å². The molecule has 16 heavy (non-hydrogen) atoms. The molecule has 0 bridgehead atoms. The molecule has 0 aromatic rings. The highest BCUT2D eigenvalue weighted by Crippen LogP contribution is 1.98. The molecule has 0 saturated carbocycles. The quantitative estimate of drug-likeness (QED) is 0.394. The van der Waals surface area contributed by atoms with Crippen LogP contribution < -0.4 is 5.32 Å². The molecule has 0 aliphatic carbocycles. The number of hydrogen-bond acceptors (Lipinski definition) is 6. The van der Waals surface area contributed by atoms with Crippen LogP contribution in [0.15, 0.2) is 0 Å². The van der Waals surface area contributed by atoms with Crippen LogP contribution in [0.1, 0.15) is 0 Å². The molecule has 1 aliphatic rings. The lowest BCUT2D eigenvalue weighted by atomic mass is 10.3. The zero-order valence-electron chi connectivity index (χ0n) is 9.51. The second-order valence-electron chi connectivity index (χ2n) is 4.06. The summed E-state index contributed by atoms with van der Waals surface area (Å²) in [5.74, 6) is 0. The van der Waals surface area contributed by atoms with Gasteiger partial charge >= 0.3 is 0 Å². The molecule has 1 saturated heterocycles. The molecule has 6 heteroatoms. The number of rotatable bonds is 7. The zero-order chi connectivity index (χ0) is 11.8. The Morgan fingerprint density at radius 2 is 1.75 bits per heavy atom. The second-order valence-corrected chi connectivity index (χ2v) is 4.06. The van der Waals surface area contributed by atoms with Crippen LogP contribution in [-0.4, -0.2) is 85.0 Å². The van der Waals surface area contributed by atoms with E-state index >= 15 is 0 Å². The van der Waals surface area contributed by atoms with Crippen molar-refractivity contribution in [3.05, 3.63) is 0 Å². The van der Waals surface area contributed by atoms with Gasteiger partial charge in [-0.05, 0) is 0 Å². The predicted octanol–water partition coefficient (Wildman–Crippen LogP) is -2.38. The number of aliphatic hydroxyl groups excluding tert-OH is 3. The first-order valence-electron chi connectivity index (χ1n) is 5.70. The Kier molecular flexibility index (Phi) is 6.86. The van der Waals surface area contributed by atoms with E-state index in [1.807, 2.05) is 0 Å². The summed E-state index contributed by atoms with van der Waals surface area (Å²) in [6.07, 6.45) is -1.21. The fraction of sp³-hybridized carbons (Fsp3) is 1.00. The zero-order valence-corrected chi connectivity index (χ0v) is 9.51. The Balaban J connectivity index is 2.03. The average molecular weight is 234 g/mol. The van der Waals surface area contributed by atoms with Crippen molar-refractivity contribution in [1.29, 1.82) is 0 Å². The van der Waals surface area contributed by atoms with Gasteiger partial charge in [-0.15, -0.1) is 0 Å². The Labute approximate surface area is 95.8 Å². The van der Waals surface area contributed by atoms with E-state index in [9.17, 15) is 5.11 Å². The van der Waals surface area contributed by atoms with E-state index < -0.39 is 12.2 Å². The van der Waals surface area contributed by atoms with E-state index in [-0.39, 0.29) is 6.61 Å². The largest absolute Gasteiger partial charge is 0.394 e. The fourth-order valence-electron chi connectivity index (χ4n) is 1.63. The summed E-state index contributed by atoms with van der Waals surface area (Å²) < 4.78 is 5.21. The van der Waals surface area contributed by atoms with Crippen molar-refractivity contribution in [2.75, 3.05) is 52.5 Å². The highest BCUT2D eigenvalue weighted by molar-refractivity contribution is 4.70. The molecule has 2 unspecified atom stereocenters. The third kappa shape index (κ3) is 5.74. The minimum atomic E-state index is -0.754. The molecule has 0 spiro atoms. The van der Waals surface area contributed by atoms with Crippen molar-refractivity contribution in [2.45, 2.75) is 12.2 Å². The van der Waals surface area contributed by atoms with Gasteiger partial charge in [0.2, 0.25) is 0 Å². The molecule has 0 amide bonds. The van der Waals surface area contributed by atoms with Crippen LogP contribution >= 0.6 is 0 Å². The van der Waals surface area contributed by atoms with Crippen molar-refractivity contribution in [1.82, 2.24) is 10.2 Å². The monoisotopic (exact) mass is 234 g/mol. The fourth-order valence-corrected chi connectivity index (χ4v) is 1.63. The summed E-state index contributed by atoms with van der Waals surface area (Å²) in [5, 5.41) is 30.3. The number of aliphatic hydroxyl groups is 3. The standard InChI is InChI=1S/C10H22N2O4/c13-8-10(15)6-11-5-9(14)7-12-1-3-16-4-2-12/h9-11,13-15H,1-8H2. The topological polar surface area (TPSA) is 85.2 Å². The number of β-amino-alcohol motifs (C(OH)–C–C–N with tert-alkyl or cyclic N) is 1. The molecule has 6 nitrogen and oxygen atoms in total. The molecule has 1 heterocycles. The SMILES string of the molecule is OCC(O)CNCC(O)CN1CCOCC1. The molecule has 4 N–H and O–H groups in total. The maximum Gasteiger partial charge on any atom is 0.0894 e. The van der Waals surface area contributed by atoms with Gasteiger partial charge in [0.25, 0.3) is 0 Å². The first kappa shape index (κ1) is 13.8. The van der Waals surface area contributed by atoms with Gasteiger partial charge in [-0.1, -0.05) is 0 Å². The van der Waals surface area contributed by atoms with Crippen LogP contribution in [0.4, 0.5) is 0 Å². The molecular formula is C10H22N2O4. The van der Waals surface area contributed by atoms with Crippen LogP contribution in [0.2, 0.25) is 0 Å². The number of hydrogen-bond donors (Lipinski definition) is 4. The van der Waals surface area contributed by atoms with Gasteiger partial charge in [0.15, 0.2) is 0 Å². The first-order chi connectivity index (χ1) is 7.72. The molecule has 1 fully saturated rings. The molecule has 1 rings (SSSR count). The highest BCUT2D eigenvalue weighted by atomic mass is 16.5. The third-order valence-electron chi connectivity index (χ3n) is 2.54. The van der Waals surface area contributed by atoms with Gasteiger partial charge in [0.1, 0.15) is 0 Å². The smallest absolute Gasteiger partial charge is 0.0894 e. The van der Waals surface area contributed by atoms with E-state index in [1.54, 1.807) is 0 Å². The number of nitrogens with zero attached hydrogens (tertiary/aromatic N) is 1. The van der Waals surface area contributed by atoms with Crippen LogP contribution in [0.3, 0.4) is 0 Å². The molecule has 0 radical (unpaired) electrons. The summed E-state index contributed by atoms with van der Waals surface area (Å²) in [6, 6.07) is 0.